The van der Waals surface area contributed by atoms with Crippen molar-refractivity contribution >= 4 is 47.4 Å². The van der Waals surface area contributed by atoms with Crippen molar-refractivity contribution in [2.24, 2.45) is 4.99 Å². The Hall–Kier alpha value is -1.10. The number of aryl methyl sites for hydroxylation is 2. The summed E-state index contributed by atoms with van der Waals surface area (Å²) in [5, 5.41) is 7.56. The minimum Gasteiger partial charge on any atom is -0.444 e. The maximum atomic E-state index is 12.2. The van der Waals surface area contributed by atoms with Crippen molar-refractivity contribution in [3.8, 4) is 0 Å². The van der Waals surface area contributed by atoms with Gasteiger partial charge >= 0.3 is 6.09 Å². The SMILES string of the molecule is CCNC(=NCc1sc(C)nc1C)NCCN(CC)C(=O)OC(C)(C)C.I. The third-order valence-corrected chi connectivity index (χ3v) is 4.49. The molecule has 0 bridgehead atoms. The predicted molar refractivity (Wildman–Crippen MR) is 123 cm³/mol. The van der Waals surface area contributed by atoms with Gasteiger partial charge < -0.3 is 20.3 Å². The summed E-state index contributed by atoms with van der Waals surface area (Å²) in [6, 6.07) is 0. The van der Waals surface area contributed by atoms with Gasteiger partial charge in [-0.1, -0.05) is 0 Å². The van der Waals surface area contributed by atoms with Crippen molar-refractivity contribution in [1.29, 1.82) is 0 Å². The molecule has 1 aromatic heterocycles. The highest BCUT2D eigenvalue weighted by Gasteiger charge is 2.20. The number of carbonyl (C=O) groups is 1. The van der Waals surface area contributed by atoms with Crippen molar-refractivity contribution in [3.05, 3.63) is 15.6 Å². The van der Waals surface area contributed by atoms with E-state index in [2.05, 4.69) is 20.6 Å². The Morgan fingerprint density at radius 1 is 1.26 bits per heavy atom. The Kier molecular flexibility index (Phi) is 11.9. The second-order valence-electron chi connectivity index (χ2n) is 6.92. The van der Waals surface area contributed by atoms with Gasteiger partial charge in [0.25, 0.3) is 0 Å². The number of guanidine groups is 1. The van der Waals surface area contributed by atoms with E-state index < -0.39 is 5.60 Å². The van der Waals surface area contributed by atoms with Gasteiger partial charge in [-0.15, -0.1) is 35.3 Å². The van der Waals surface area contributed by atoms with E-state index in [0.29, 0.717) is 26.2 Å². The molecule has 0 aliphatic heterocycles. The van der Waals surface area contributed by atoms with Crippen LogP contribution < -0.4 is 10.6 Å². The van der Waals surface area contributed by atoms with E-state index >= 15 is 0 Å². The number of carbonyl (C=O) groups excluding carboxylic acids is 1. The summed E-state index contributed by atoms with van der Waals surface area (Å²) in [6.07, 6.45) is -0.292. The molecule has 1 rings (SSSR count). The van der Waals surface area contributed by atoms with Gasteiger partial charge in [-0.25, -0.2) is 14.8 Å². The average molecular weight is 511 g/mol. The molecule has 2 N–H and O–H groups in total. The summed E-state index contributed by atoms with van der Waals surface area (Å²) in [7, 11) is 0. The Balaban J connectivity index is 0.00000676. The van der Waals surface area contributed by atoms with Gasteiger partial charge in [0.1, 0.15) is 5.60 Å². The fourth-order valence-electron chi connectivity index (χ4n) is 2.23. The number of likely N-dealkylation sites (N-methyl/N-ethyl adjacent to an activating group) is 1. The molecule has 0 aromatic carbocycles. The second kappa shape index (κ2) is 12.4. The number of ether oxygens (including phenoxy) is 1. The van der Waals surface area contributed by atoms with Crippen LogP contribution in [0.1, 0.15) is 50.2 Å². The Labute approximate surface area is 184 Å². The lowest BCUT2D eigenvalue weighted by molar-refractivity contribution is 0.0264. The Morgan fingerprint density at radius 2 is 1.93 bits per heavy atom. The highest BCUT2D eigenvalue weighted by atomic mass is 127. The van der Waals surface area contributed by atoms with Gasteiger partial charge in [0, 0.05) is 31.1 Å². The van der Waals surface area contributed by atoms with Crippen LogP contribution in [0.15, 0.2) is 4.99 Å². The average Bonchev–Trinajstić information content (AvgIpc) is 2.85. The zero-order chi connectivity index (χ0) is 19.7. The summed E-state index contributed by atoms with van der Waals surface area (Å²) >= 11 is 1.67. The van der Waals surface area contributed by atoms with Crippen LogP contribution in [0, 0.1) is 13.8 Å². The molecule has 0 aliphatic rings. The fraction of sp³-hybridized carbons (Fsp3) is 0.722. The van der Waals surface area contributed by atoms with Gasteiger partial charge in [0.15, 0.2) is 5.96 Å². The third kappa shape index (κ3) is 10.1. The zero-order valence-corrected chi connectivity index (χ0v) is 20.7. The van der Waals surface area contributed by atoms with Crippen molar-refractivity contribution in [1.82, 2.24) is 20.5 Å². The first-order valence-electron chi connectivity index (χ1n) is 9.09. The number of hydrogen-bond acceptors (Lipinski definition) is 5. The van der Waals surface area contributed by atoms with Gasteiger partial charge in [-0.3, -0.25) is 0 Å². The van der Waals surface area contributed by atoms with Crippen molar-refractivity contribution in [2.45, 2.75) is 60.6 Å². The van der Waals surface area contributed by atoms with Crippen molar-refractivity contribution in [2.75, 3.05) is 26.2 Å². The molecule has 27 heavy (non-hydrogen) atoms. The standard InChI is InChI=1S/C18H33N5O2S.HI/c1-8-19-16(21-12-15-13(3)22-14(4)26-15)20-10-11-23(9-2)17(24)25-18(5,6)7;/h8-12H2,1-7H3,(H2,19,20,21);1H. The number of amides is 1. The highest BCUT2D eigenvalue weighted by molar-refractivity contribution is 14.0. The Bertz CT molecular complexity index is 613. The predicted octanol–water partition coefficient (Wildman–Crippen LogP) is 3.69. The molecular formula is C18H34IN5O2S. The van der Waals surface area contributed by atoms with Crippen LogP contribution in [0.25, 0.3) is 0 Å². The number of rotatable bonds is 7. The molecule has 0 spiro atoms. The number of hydrogen-bond donors (Lipinski definition) is 2. The lowest BCUT2D eigenvalue weighted by Gasteiger charge is -2.26. The van der Waals surface area contributed by atoms with E-state index in [4.69, 9.17) is 4.74 Å². The molecule has 0 radical (unpaired) electrons. The van der Waals surface area contributed by atoms with Crippen LogP contribution in [0.4, 0.5) is 4.79 Å². The van der Waals surface area contributed by atoms with Crippen LogP contribution in [0.3, 0.4) is 0 Å². The molecule has 156 valence electrons. The highest BCUT2D eigenvalue weighted by Crippen LogP contribution is 2.17. The Morgan fingerprint density at radius 3 is 2.41 bits per heavy atom. The first-order chi connectivity index (χ1) is 12.2. The van der Waals surface area contributed by atoms with E-state index in [0.717, 1.165) is 23.2 Å². The van der Waals surface area contributed by atoms with E-state index in [-0.39, 0.29) is 30.1 Å². The molecule has 0 fully saturated rings. The van der Waals surface area contributed by atoms with Gasteiger partial charge in [-0.2, -0.15) is 0 Å². The molecule has 9 heteroatoms. The van der Waals surface area contributed by atoms with Gasteiger partial charge in [0.05, 0.1) is 17.2 Å². The first kappa shape index (κ1) is 25.9. The van der Waals surface area contributed by atoms with Crippen LogP contribution in [0.2, 0.25) is 0 Å². The van der Waals surface area contributed by atoms with E-state index in [9.17, 15) is 4.79 Å². The number of aliphatic imine (C=N–C) groups is 1. The second-order valence-corrected chi connectivity index (χ2v) is 8.21. The molecule has 0 atom stereocenters. The van der Waals surface area contributed by atoms with Crippen LogP contribution in [0.5, 0.6) is 0 Å². The number of aromatic nitrogens is 1. The molecule has 0 saturated heterocycles. The minimum atomic E-state index is -0.487. The van der Waals surface area contributed by atoms with E-state index in [1.54, 1.807) is 16.2 Å². The molecule has 7 nitrogen and oxygen atoms in total. The topological polar surface area (TPSA) is 78.9 Å². The van der Waals surface area contributed by atoms with E-state index in [1.807, 2.05) is 48.5 Å². The number of halogens is 1. The van der Waals surface area contributed by atoms with Crippen LogP contribution in [-0.4, -0.2) is 53.7 Å². The van der Waals surface area contributed by atoms with Crippen molar-refractivity contribution in [3.63, 3.8) is 0 Å². The van der Waals surface area contributed by atoms with Crippen LogP contribution in [-0.2, 0) is 11.3 Å². The minimum absolute atomic E-state index is 0. The fourth-order valence-corrected chi connectivity index (χ4v) is 3.09. The molecule has 0 unspecified atom stereocenters. The normalized spacial score (nSPS) is 11.6. The molecule has 1 aromatic rings. The smallest absolute Gasteiger partial charge is 0.410 e. The molecule has 1 heterocycles. The lowest BCUT2D eigenvalue weighted by Crippen LogP contribution is -2.44. The lowest BCUT2D eigenvalue weighted by atomic mass is 10.2. The summed E-state index contributed by atoms with van der Waals surface area (Å²) in [5.74, 6) is 0.734. The quantitative estimate of drug-likeness (QED) is 0.332. The molecular weight excluding hydrogens is 477 g/mol. The molecule has 0 saturated carbocycles. The third-order valence-electron chi connectivity index (χ3n) is 3.43. The molecule has 0 aliphatic carbocycles. The number of thiazole rings is 1. The van der Waals surface area contributed by atoms with Gasteiger partial charge in [-0.05, 0) is 48.5 Å². The van der Waals surface area contributed by atoms with E-state index in [1.165, 1.54) is 4.88 Å². The summed E-state index contributed by atoms with van der Waals surface area (Å²) < 4.78 is 5.42. The van der Waals surface area contributed by atoms with Crippen molar-refractivity contribution < 1.29 is 9.53 Å². The first-order valence-corrected chi connectivity index (χ1v) is 9.91. The molecule has 1 amide bonds. The maximum absolute atomic E-state index is 12.2. The van der Waals surface area contributed by atoms with Crippen LogP contribution >= 0.6 is 35.3 Å². The monoisotopic (exact) mass is 511 g/mol. The summed E-state index contributed by atoms with van der Waals surface area (Å²) in [5.41, 5.74) is 0.549. The maximum Gasteiger partial charge on any atom is 0.410 e. The summed E-state index contributed by atoms with van der Waals surface area (Å²) in [6.45, 7) is 16.7. The number of nitrogens with one attached hydrogen (secondary N) is 2. The number of nitrogens with zero attached hydrogens (tertiary/aromatic N) is 3. The largest absolute Gasteiger partial charge is 0.444 e. The summed E-state index contributed by atoms with van der Waals surface area (Å²) in [4.78, 5) is 24.1. The van der Waals surface area contributed by atoms with Gasteiger partial charge in [0.2, 0.25) is 0 Å². The zero-order valence-electron chi connectivity index (χ0n) is 17.5.